The lowest BCUT2D eigenvalue weighted by Crippen LogP contribution is -1.99. The average Bonchev–Trinajstić information content (AvgIpc) is 2.20. The fourth-order valence-corrected chi connectivity index (χ4v) is 1.22. The fourth-order valence-electron chi connectivity index (χ4n) is 1.22. The molecule has 0 aliphatic carbocycles. The summed E-state index contributed by atoms with van der Waals surface area (Å²) in [6.07, 6.45) is 0. The van der Waals surface area contributed by atoms with Gasteiger partial charge >= 0.3 is 0 Å². The van der Waals surface area contributed by atoms with E-state index in [4.69, 9.17) is 9.21 Å². The van der Waals surface area contributed by atoms with Gasteiger partial charge in [-0.15, -0.1) is 0 Å². The van der Waals surface area contributed by atoms with Gasteiger partial charge in [0, 0.05) is 6.07 Å². The molecule has 0 fully saturated rings. The molecule has 0 radical (unpaired) electrons. The van der Waals surface area contributed by atoms with E-state index in [1.165, 1.54) is 6.07 Å². The molecule has 2 aromatic rings. The molecule has 3 nitrogen and oxygen atoms in total. The summed E-state index contributed by atoms with van der Waals surface area (Å²) in [7, 11) is 0. The zero-order valence-electron chi connectivity index (χ0n) is 7.82. The van der Waals surface area contributed by atoms with Crippen LogP contribution in [0.25, 0.3) is 11.0 Å². The summed E-state index contributed by atoms with van der Waals surface area (Å²) in [6, 6.07) is 8.74. The molecule has 72 valence electrons. The van der Waals surface area contributed by atoms with Gasteiger partial charge in [0.2, 0.25) is 0 Å². The van der Waals surface area contributed by atoms with Crippen molar-refractivity contribution in [2.24, 2.45) is 0 Å². The Morgan fingerprint density at radius 3 is 2.57 bits per heavy atom. The van der Waals surface area contributed by atoms with Crippen LogP contribution in [0, 0.1) is 6.92 Å². The van der Waals surface area contributed by atoms with Gasteiger partial charge < -0.3 is 9.21 Å². The standard InChI is InChI=1S/C10H8O2.CH2O/c1-7-6-9(11)8-4-2-3-5-10(8)12-7;1-2/h2-6H,1H3;1H2. The normalized spacial score (nSPS) is 9.21. The molecular weight excluding hydrogens is 180 g/mol. The molecule has 0 saturated heterocycles. The maximum Gasteiger partial charge on any atom is 0.192 e. The number of aryl methyl sites for hydroxylation is 1. The smallest absolute Gasteiger partial charge is 0.192 e. The zero-order chi connectivity index (χ0) is 10.6. The highest BCUT2D eigenvalue weighted by molar-refractivity contribution is 5.75. The first-order valence-corrected chi connectivity index (χ1v) is 4.06. The van der Waals surface area contributed by atoms with Crippen molar-refractivity contribution in [3.8, 4) is 0 Å². The summed E-state index contributed by atoms with van der Waals surface area (Å²) in [4.78, 5) is 19.3. The Hall–Kier alpha value is -1.90. The minimum absolute atomic E-state index is 0.0225. The van der Waals surface area contributed by atoms with Crippen LogP contribution in [0.3, 0.4) is 0 Å². The first-order valence-electron chi connectivity index (χ1n) is 4.06. The molecule has 0 spiro atoms. The van der Waals surface area contributed by atoms with Crippen molar-refractivity contribution < 1.29 is 9.21 Å². The molecule has 0 aliphatic heterocycles. The van der Waals surface area contributed by atoms with Gasteiger partial charge in [-0.3, -0.25) is 4.79 Å². The second kappa shape index (κ2) is 4.37. The largest absolute Gasteiger partial charge is 0.461 e. The maximum absolute atomic E-state index is 11.3. The highest BCUT2D eigenvalue weighted by atomic mass is 16.3. The molecule has 0 N–H and O–H groups in total. The Balaban J connectivity index is 0.000000461. The summed E-state index contributed by atoms with van der Waals surface area (Å²) < 4.78 is 5.34. The molecular formula is C11H10O3. The van der Waals surface area contributed by atoms with Crippen LogP contribution in [-0.4, -0.2) is 6.79 Å². The number of fused-ring (bicyclic) bond motifs is 1. The molecule has 0 unspecified atom stereocenters. The Morgan fingerprint density at radius 1 is 1.21 bits per heavy atom. The quantitative estimate of drug-likeness (QED) is 0.637. The van der Waals surface area contributed by atoms with Crippen molar-refractivity contribution in [2.45, 2.75) is 6.92 Å². The highest BCUT2D eigenvalue weighted by Gasteiger charge is 1.98. The van der Waals surface area contributed by atoms with Crippen LogP contribution in [0.15, 0.2) is 39.5 Å². The number of carbonyl (C=O) groups excluding carboxylic acids is 1. The van der Waals surface area contributed by atoms with Crippen LogP contribution in [0.5, 0.6) is 0 Å². The van der Waals surface area contributed by atoms with E-state index in [0.717, 1.165) is 0 Å². The van der Waals surface area contributed by atoms with Gasteiger partial charge in [0.15, 0.2) is 5.43 Å². The van der Waals surface area contributed by atoms with Crippen LogP contribution in [0.2, 0.25) is 0 Å². The second-order valence-electron chi connectivity index (χ2n) is 2.72. The Morgan fingerprint density at radius 2 is 1.86 bits per heavy atom. The number of hydrogen-bond donors (Lipinski definition) is 0. The van der Waals surface area contributed by atoms with Crippen LogP contribution in [0.1, 0.15) is 5.76 Å². The van der Waals surface area contributed by atoms with Crippen LogP contribution in [-0.2, 0) is 4.79 Å². The molecule has 0 amide bonds. The molecule has 0 bridgehead atoms. The predicted octanol–water partition coefficient (Wildman–Crippen LogP) is 1.92. The molecule has 1 aromatic carbocycles. The van der Waals surface area contributed by atoms with E-state index in [1.807, 2.05) is 18.9 Å². The Bertz CT molecular complexity index is 485. The number of carbonyl (C=O) groups is 1. The monoisotopic (exact) mass is 190 g/mol. The van der Waals surface area contributed by atoms with Crippen molar-refractivity contribution in [1.29, 1.82) is 0 Å². The van der Waals surface area contributed by atoms with Crippen molar-refractivity contribution >= 4 is 17.8 Å². The van der Waals surface area contributed by atoms with Crippen LogP contribution >= 0.6 is 0 Å². The van der Waals surface area contributed by atoms with Gasteiger partial charge in [-0.05, 0) is 19.1 Å². The third-order valence-corrected chi connectivity index (χ3v) is 1.76. The highest BCUT2D eigenvalue weighted by Crippen LogP contribution is 2.10. The third-order valence-electron chi connectivity index (χ3n) is 1.76. The first kappa shape index (κ1) is 10.2. The summed E-state index contributed by atoms with van der Waals surface area (Å²) in [5.41, 5.74) is 0.678. The summed E-state index contributed by atoms with van der Waals surface area (Å²) in [5.74, 6) is 0.652. The molecule has 0 aliphatic rings. The van der Waals surface area contributed by atoms with Crippen molar-refractivity contribution in [3.63, 3.8) is 0 Å². The summed E-state index contributed by atoms with van der Waals surface area (Å²) in [6.45, 7) is 3.77. The van der Waals surface area contributed by atoms with Crippen molar-refractivity contribution in [2.75, 3.05) is 0 Å². The molecule has 1 heterocycles. The van der Waals surface area contributed by atoms with E-state index < -0.39 is 0 Å². The van der Waals surface area contributed by atoms with Gasteiger partial charge in [-0.1, -0.05) is 12.1 Å². The number of hydrogen-bond acceptors (Lipinski definition) is 3. The van der Waals surface area contributed by atoms with Gasteiger partial charge in [0.1, 0.15) is 18.1 Å². The van der Waals surface area contributed by atoms with Gasteiger partial charge in [-0.2, -0.15) is 0 Å². The Labute approximate surface area is 81.0 Å². The molecule has 1 aromatic heterocycles. The van der Waals surface area contributed by atoms with E-state index in [0.29, 0.717) is 16.7 Å². The van der Waals surface area contributed by atoms with E-state index >= 15 is 0 Å². The van der Waals surface area contributed by atoms with Crippen LogP contribution in [0.4, 0.5) is 0 Å². The van der Waals surface area contributed by atoms with Crippen molar-refractivity contribution in [3.05, 3.63) is 46.3 Å². The minimum atomic E-state index is 0.0225. The second-order valence-corrected chi connectivity index (χ2v) is 2.72. The average molecular weight is 190 g/mol. The van der Waals surface area contributed by atoms with Crippen molar-refractivity contribution in [1.82, 2.24) is 0 Å². The van der Waals surface area contributed by atoms with E-state index in [9.17, 15) is 4.79 Å². The maximum atomic E-state index is 11.3. The molecule has 3 heteroatoms. The summed E-state index contributed by atoms with van der Waals surface area (Å²) >= 11 is 0. The van der Waals surface area contributed by atoms with Gasteiger partial charge in [0.05, 0.1) is 5.39 Å². The molecule has 0 atom stereocenters. The van der Waals surface area contributed by atoms with Gasteiger partial charge in [0.25, 0.3) is 0 Å². The lowest BCUT2D eigenvalue weighted by molar-refractivity contribution is -0.0979. The number of para-hydroxylation sites is 1. The molecule has 2 rings (SSSR count). The minimum Gasteiger partial charge on any atom is -0.461 e. The topological polar surface area (TPSA) is 47.3 Å². The fraction of sp³-hybridized carbons (Fsp3) is 0.0909. The van der Waals surface area contributed by atoms with E-state index in [2.05, 4.69) is 0 Å². The summed E-state index contributed by atoms with van der Waals surface area (Å²) in [5, 5.41) is 0.642. The van der Waals surface area contributed by atoms with E-state index in [-0.39, 0.29) is 5.43 Å². The Kier molecular flexibility index (Phi) is 3.18. The lowest BCUT2D eigenvalue weighted by atomic mass is 10.2. The van der Waals surface area contributed by atoms with E-state index in [1.54, 1.807) is 19.1 Å². The predicted molar refractivity (Wildman–Crippen MR) is 54.3 cm³/mol. The first-order chi connectivity index (χ1) is 6.77. The van der Waals surface area contributed by atoms with Crippen LogP contribution < -0.4 is 5.43 Å². The molecule has 0 saturated carbocycles. The van der Waals surface area contributed by atoms with Gasteiger partial charge in [-0.25, -0.2) is 0 Å². The zero-order valence-corrected chi connectivity index (χ0v) is 7.82. The lowest BCUT2D eigenvalue weighted by Gasteiger charge is -1.96. The molecule has 14 heavy (non-hydrogen) atoms. The number of benzene rings is 1. The SMILES string of the molecule is C=O.Cc1cc(=O)c2ccccc2o1. The number of rotatable bonds is 0. The third kappa shape index (κ3) is 1.88.